The first-order chi connectivity index (χ1) is 14.3. The molecule has 2 aromatic rings. The molecule has 0 heterocycles. The average Bonchev–Trinajstić information content (AvgIpc) is 2.72. The maximum Gasteiger partial charge on any atom is 0.254 e. The number of halogens is 1. The summed E-state index contributed by atoms with van der Waals surface area (Å²) in [5, 5.41) is 5.22. The second-order valence-corrected chi connectivity index (χ2v) is 10.8. The molecule has 0 spiro atoms. The third-order valence-corrected chi connectivity index (χ3v) is 8.51. The number of carbonyl (C=O) groups is 1. The number of nitrogens with zero attached hydrogens (tertiary/aromatic N) is 2. The van der Waals surface area contributed by atoms with Gasteiger partial charge in [0.05, 0.1) is 16.0 Å². The van der Waals surface area contributed by atoms with Crippen LogP contribution < -0.4 is 5.14 Å². The highest BCUT2D eigenvalue weighted by Crippen LogP contribution is 2.28. The Morgan fingerprint density at radius 1 is 1.06 bits per heavy atom. The van der Waals surface area contributed by atoms with Crippen LogP contribution in [0.3, 0.4) is 0 Å². The Kier molecular flexibility index (Phi) is 7.88. The van der Waals surface area contributed by atoms with Crippen LogP contribution in [0.1, 0.15) is 42.7 Å². The minimum absolute atomic E-state index is 0.0278. The number of primary sulfonamides is 1. The summed E-state index contributed by atoms with van der Waals surface area (Å²) in [6.07, 6.45) is 0. The smallest absolute Gasteiger partial charge is 0.254 e. The van der Waals surface area contributed by atoms with E-state index in [0.29, 0.717) is 5.56 Å². The van der Waals surface area contributed by atoms with E-state index in [0.717, 1.165) is 0 Å². The van der Waals surface area contributed by atoms with E-state index >= 15 is 0 Å². The lowest BCUT2D eigenvalue weighted by Crippen LogP contribution is -2.32. The zero-order valence-electron chi connectivity index (χ0n) is 17.7. The quantitative estimate of drug-likeness (QED) is 0.614. The van der Waals surface area contributed by atoms with Gasteiger partial charge >= 0.3 is 0 Å². The summed E-state index contributed by atoms with van der Waals surface area (Å²) >= 11 is 6.14. The molecule has 0 saturated carbocycles. The second kappa shape index (κ2) is 9.66. The Balaban J connectivity index is 2.41. The number of hydrogen-bond acceptors (Lipinski definition) is 5. The van der Waals surface area contributed by atoms with Gasteiger partial charge in [0, 0.05) is 25.7 Å². The predicted molar refractivity (Wildman–Crippen MR) is 120 cm³/mol. The summed E-state index contributed by atoms with van der Waals surface area (Å²) in [5.41, 5.74) is 0.708. The van der Waals surface area contributed by atoms with Gasteiger partial charge in [-0.3, -0.25) is 4.79 Å². The topological polar surface area (TPSA) is 118 Å². The van der Waals surface area contributed by atoms with Gasteiger partial charge < -0.3 is 4.90 Å². The van der Waals surface area contributed by atoms with Crippen molar-refractivity contribution in [3.05, 3.63) is 58.6 Å². The van der Waals surface area contributed by atoms with Crippen molar-refractivity contribution in [2.24, 2.45) is 5.14 Å². The fourth-order valence-corrected chi connectivity index (χ4v) is 5.62. The SMILES string of the molecule is CCN(CC)S(=O)(=O)c1cc(C(=O)N(C)C(C)c2cccc(S(N)(=O)=O)c2)ccc1Cl. The van der Waals surface area contributed by atoms with Crippen LogP contribution in [0.15, 0.2) is 52.3 Å². The molecule has 0 saturated heterocycles. The first kappa shape index (κ1) is 25.3. The van der Waals surface area contributed by atoms with Crippen molar-refractivity contribution in [1.29, 1.82) is 0 Å². The van der Waals surface area contributed by atoms with E-state index in [9.17, 15) is 21.6 Å². The third kappa shape index (κ3) is 5.45. The zero-order valence-corrected chi connectivity index (χ0v) is 20.1. The Labute approximate surface area is 188 Å². The molecule has 0 aliphatic heterocycles. The largest absolute Gasteiger partial charge is 0.335 e. The van der Waals surface area contributed by atoms with Gasteiger partial charge in [0.25, 0.3) is 5.91 Å². The van der Waals surface area contributed by atoms with E-state index in [1.165, 1.54) is 39.5 Å². The third-order valence-electron chi connectivity index (χ3n) is 5.07. The predicted octanol–water partition coefficient (Wildman–Crippen LogP) is 2.85. The molecule has 0 fully saturated rings. The second-order valence-electron chi connectivity index (χ2n) is 6.94. The highest BCUT2D eigenvalue weighted by atomic mass is 35.5. The van der Waals surface area contributed by atoms with Crippen molar-refractivity contribution in [3.63, 3.8) is 0 Å². The van der Waals surface area contributed by atoms with Crippen molar-refractivity contribution in [2.45, 2.75) is 36.6 Å². The molecule has 0 aliphatic carbocycles. The molecule has 1 unspecified atom stereocenters. The molecule has 2 rings (SSSR count). The Morgan fingerprint density at radius 3 is 2.23 bits per heavy atom. The summed E-state index contributed by atoms with van der Waals surface area (Å²) in [7, 11) is -6.20. The van der Waals surface area contributed by atoms with Gasteiger partial charge in [-0.15, -0.1) is 0 Å². The molecule has 1 atom stereocenters. The highest BCUT2D eigenvalue weighted by Gasteiger charge is 2.27. The Hall–Kier alpha value is -1.98. The fraction of sp³-hybridized carbons (Fsp3) is 0.350. The van der Waals surface area contributed by atoms with Crippen LogP contribution in [-0.4, -0.2) is 52.1 Å². The van der Waals surface area contributed by atoms with Gasteiger partial charge in [-0.1, -0.05) is 37.6 Å². The number of amides is 1. The van der Waals surface area contributed by atoms with E-state index in [2.05, 4.69) is 0 Å². The van der Waals surface area contributed by atoms with Gasteiger partial charge in [-0.25, -0.2) is 22.0 Å². The molecule has 0 aliphatic rings. The van der Waals surface area contributed by atoms with Crippen LogP contribution in [0.4, 0.5) is 0 Å². The van der Waals surface area contributed by atoms with E-state index in [4.69, 9.17) is 16.7 Å². The molecule has 11 heteroatoms. The maximum atomic E-state index is 13.1. The zero-order chi connectivity index (χ0) is 23.6. The van der Waals surface area contributed by atoms with Crippen molar-refractivity contribution >= 4 is 37.6 Å². The van der Waals surface area contributed by atoms with Gasteiger partial charge in [0.1, 0.15) is 4.90 Å². The van der Waals surface area contributed by atoms with Crippen LogP contribution in [0.2, 0.25) is 5.02 Å². The molecule has 0 aromatic heterocycles. The van der Waals surface area contributed by atoms with Gasteiger partial charge in [-0.05, 0) is 42.8 Å². The molecular formula is C20H26ClN3O5S2. The van der Waals surface area contributed by atoms with E-state index in [-0.39, 0.29) is 33.5 Å². The first-order valence-electron chi connectivity index (χ1n) is 9.54. The van der Waals surface area contributed by atoms with Crippen LogP contribution >= 0.6 is 11.6 Å². The number of carbonyl (C=O) groups excluding carboxylic acids is 1. The van der Waals surface area contributed by atoms with Crippen molar-refractivity contribution < 1.29 is 21.6 Å². The van der Waals surface area contributed by atoms with Crippen molar-refractivity contribution in [1.82, 2.24) is 9.21 Å². The first-order valence-corrected chi connectivity index (χ1v) is 12.9. The molecule has 170 valence electrons. The van der Waals surface area contributed by atoms with E-state index in [1.54, 1.807) is 40.0 Å². The lowest BCUT2D eigenvalue weighted by Gasteiger charge is -2.26. The fourth-order valence-electron chi connectivity index (χ4n) is 3.09. The lowest BCUT2D eigenvalue weighted by molar-refractivity contribution is 0.0742. The van der Waals surface area contributed by atoms with Crippen LogP contribution in [-0.2, 0) is 20.0 Å². The minimum atomic E-state index is -3.89. The standard InChI is InChI=1S/C20H26ClN3O5S2/c1-5-24(6-2)31(28,29)19-13-16(10-11-18(19)21)20(25)23(4)14(3)15-8-7-9-17(12-15)30(22,26)27/h7-14H,5-6H2,1-4H3,(H2,22,26,27). The normalized spacial score (nSPS) is 13.3. The average molecular weight is 488 g/mol. The molecule has 8 nitrogen and oxygen atoms in total. The van der Waals surface area contributed by atoms with E-state index in [1.807, 2.05) is 0 Å². The van der Waals surface area contributed by atoms with E-state index < -0.39 is 32.0 Å². The van der Waals surface area contributed by atoms with Crippen LogP contribution in [0.25, 0.3) is 0 Å². The number of nitrogens with two attached hydrogens (primary N) is 1. The Bertz CT molecular complexity index is 1180. The van der Waals surface area contributed by atoms with Crippen LogP contribution in [0.5, 0.6) is 0 Å². The molecule has 1 amide bonds. The maximum absolute atomic E-state index is 13.1. The number of hydrogen-bond donors (Lipinski definition) is 1. The van der Waals surface area contributed by atoms with Gasteiger partial charge in [0.2, 0.25) is 20.0 Å². The summed E-state index contributed by atoms with van der Waals surface area (Å²) in [6.45, 7) is 5.70. The molecule has 0 radical (unpaired) electrons. The number of sulfonamides is 2. The summed E-state index contributed by atoms with van der Waals surface area (Å²) < 4.78 is 50.3. The Morgan fingerprint density at radius 2 is 1.68 bits per heavy atom. The highest BCUT2D eigenvalue weighted by molar-refractivity contribution is 7.89. The lowest BCUT2D eigenvalue weighted by atomic mass is 10.1. The number of rotatable bonds is 8. The monoisotopic (exact) mass is 487 g/mol. The summed E-state index contributed by atoms with van der Waals surface area (Å²) in [4.78, 5) is 14.3. The molecule has 2 aromatic carbocycles. The van der Waals surface area contributed by atoms with Crippen molar-refractivity contribution in [2.75, 3.05) is 20.1 Å². The molecule has 2 N–H and O–H groups in total. The van der Waals surface area contributed by atoms with Crippen molar-refractivity contribution in [3.8, 4) is 0 Å². The summed E-state index contributed by atoms with van der Waals surface area (Å²) in [5.74, 6) is -0.443. The molecule has 0 bridgehead atoms. The number of benzene rings is 2. The van der Waals surface area contributed by atoms with Gasteiger partial charge in [-0.2, -0.15) is 4.31 Å². The summed E-state index contributed by atoms with van der Waals surface area (Å²) in [6, 6.07) is 9.59. The molecular weight excluding hydrogens is 462 g/mol. The van der Waals surface area contributed by atoms with Crippen LogP contribution in [0, 0.1) is 0 Å². The van der Waals surface area contributed by atoms with Gasteiger partial charge in [0.15, 0.2) is 0 Å². The molecule has 31 heavy (non-hydrogen) atoms. The minimum Gasteiger partial charge on any atom is -0.335 e.